The van der Waals surface area contributed by atoms with E-state index in [0.717, 1.165) is 18.0 Å². The minimum atomic E-state index is 0.551. The molecule has 1 N–H and O–H groups in total. The zero-order chi connectivity index (χ0) is 12.5. The van der Waals surface area contributed by atoms with E-state index in [0.29, 0.717) is 5.41 Å². The summed E-state index contributed by atoms with van der Waals surface area (Å²) in [5, 5.41) is 3.37. The fourth-order valence-electron chi connectivity index (χ4n) is 4.34. The van der Waals surface area contributed by atoms with Crippen LogP contribution in [0.4, 0.5) is 0 Å². The lowest BCUT2D eigenvalue weighted by atomic mass is 9.70. The van der Waals surface area contributed by atoms with Gasteiger partial charge in [0.05, 0.1) is 0 Å². The Labute approximate surface area is 107 Å². The van der Waals surface area contributed by atoms with Crippen molar-refractivity contribution in [2.75, 3.05) is 20.1 Å². The molecule has 17 heavy (non-hydrogen) atoms. The van der Waals surface area contributed by atoms with Gasteiger partial charge in [-0.05, 0) is 57.0 Å². The van der Waals surface area contributed by atoms with Crippen molar-refractivity contribution in [2.24, 2.45) is 11.3 Å². The average molecular weight is 238 g/mol. The summed E-state index contributed by atoms with van der Waals surface area (Å²) in [7, 11) is 2.09. The maximum atomic E-state index is 3.37. The Kier molecular flexibility index (Phi) is 4.14. The maximum absolute atomic E-state index is 3.37. The fourth-order valence-corrected chi connectivity index (χ4v) is 4.34. The Morgan fingerprint density at radius 1 is 1.29 bits per heavy atom. The van der Waals surface area contributed by atoms with Gasteiger partial charge in [-0.3, -0.25) is 4.90 Å². The molecule has 0 bridgehead atoms. The monoisotopic (exact) mass is 238 g/mol. The molecule has 3 atom stereocenters. The van der Waals surface area contributed by atoms with Crippen LogP contribution in [-0.4, -0.2) is 37.1 Å². The van der Waals surface area contributed by atoms with Gasteiger partial charge in [-0.2, -0.15) is 0 Å². The Hall–Kier alpha value is -0.0800. The predicted molar refractivity (Wildman–Crippen MR) is 74.2 cm³/mol. The van der Waals surface area contributed by atoms with E-state index in [1.54, 1.807) is 0 Å². The average Bonchev–Trinajstić information content (AvgIpc) is 2.63. The molecule has 1 aliphatic carbocycles. The lowest BCUT2D eigenvalue weighted by molar-refractivity contribution is 0.0594. The fraction of sp³-hybridized carbons (Fsp3) is 1.00. The molecule has 0 spiro atoms. The second kappa shape index (κ2) is 5.27. The zero-order valence-corrected chi connectivity index (χ0v) is 12.1. The van der Waals surface area contributed by atoms with Crippen LogP contribution < -0.4 is 5.32 Å². The Morgan fingerprint density at radius 3 is 2.71 bits per heavy atom. The van der Waals surface area contributed by atoms with Gasteiger partial charge in [0.25, 0.3) is 0 Å². The van der Waals surface area contributed by atoms with Crippen molar-refractivity contribution in [1.82, 2.24) is 10.2 Å². The minimum Gasteiger partial charge on any atom is -0.318 e. The van der Waals surface area contributed by atoms with Crippen molar-refractivity contribution >= 4 is 0 Å². The summed E-state index contributed by atoms with van der Waals surface area (Å²) in [6, 6.07) is 1.64. The molecule has 0 aromatic rings. The summed E-state index contributed by atoms with van der Waals surface area (Å²) in [6.45, 7) is 9.86. The Balaban J connectivity index is 2.00. The smallest absolute Gasteiger partial charge is 0.0223 e. The summed E-state index contributed by atoms with van der Waals surface area (Å²) in [4.78, 5) is 2.81. The van der Waals surface area contributed by atoms with Crippen LogP contribution in [0.5, 0.6) is 0 Å². The maximum Gasteiger partial charge on any atom is 0.0223 e. The van der Waals surface area contributed by atoms with Crippen LogP contribution in [0.3, 0.4) is 0 Å². The first kappa shape index (κ1) is 13.4. The van der Waals surface area contributed by atoms with Crippen molar-refractivity contribution in [3.63, 3.8) is 0 Å². The molecule has 0 aromatic heterocycles. The van der Waals surface area contributed by atoms with Gasteiger partial charge in [-0.25, -0.2) is 0 Å². The van der Waals surface area contributed by atoms with Crippen LogP contribution >= 0.6 is 0 Å². The van der Waals surface area contributed by atoms with Gasteiger partial charge in [0.2, 0.25) is 0 Å². The third-order valence-corrected chi connectivity index (χ3v) is 4.70. The second-order valence-corrected chi connectivity index (χ2v) is 7.16. The van der Waals surface area contributed by atoms with E-state index < -0.39 is 0 Å². The number of hydrogen-bond donors (Lipinski definition) is 1. The van der Waals surface area contributed by atoms with Gasteiger partial charge in [-0.1, -0.05) is 20.8 Å². The molecule has 0 radical (unpaired) electrons. The quantitative estimate of drug-likeness (QED) is 0.813. The lowest BCUT2D eigenvalue weighted by Crippen LogP contribution is -2.48. The van der Waals surface area contributed by atoms with E-state index in [9.17, 15) is 0 Å². The van der Waals surface area contributed by atoms with Gasteiger partial charge in [0.15, 0.2) is 0 Å². The summed E-state index contributed by atoms with van der Waals surface area (Å²) >= 11 is 0. The zero-order valence-electron chi connectivity index (χ0n) is 12.1. The van der Waals surface area contributed by atoms with E-state index in [2.05, 4.69) is 38.0 Å². The molecule has 100 valence electrons. The molecule has 1 saturated carbocycles. The SMILES string of the molecule is CNCC1CCCN1C1CC(C)CC(C)(C)C1. The topological polar surface area (TPSA) is 15.3 Å². The van der Waals surface area contributed by atoms with Crippen LogP contribution in [0.25, 0.3) is 0 Å². The third-order valence-electron chi connectivity index (χ3n) is 4.70. The number of hydrogen-bond acceptors (Lipinski definition) is 2. The molecule has 3 unspecified atom stereocenters. The van der Waals surface area contributed by atoms with Crippen LogP contribution in [0.1, 0.15) is 52.9 Å². The van der Waals surface area contributed by atoms with Crippen molar-refractivity contribution in [3.05, 3.63) is 0 Å². The lowest BCUT2D eigenvalue weighted by Gasteiger charge is -2.44. The highest BCUT2D eigenvalue weighted by molar-refractivity contribution is 4.93. The first-order valence-corrected chi connectivity index (χ1v) is 7.42. The van der Waals surface area contributed by atoms with Crippen LogP contribution in [-0.2, 0) is 0 Å². The van der Waals surface area contributed by atoms with Gasteiger partial charge in [0.1, 0.15) is 0 Å². The molecule has 2 fully saturated rings. The molecule has 2 rings (SSSR count). The molecule has 1 aliphatic heterocycles. The summed E-state index contributed by atoms with van der Waals surface area (Å²) < 4.78 is 0. The number of rotatable bonds is 3. The normalized spacial score (nSPS) is 38.5. The predicted octanol–water partition coefficient (Wildman–Crippen LogP) is 2.89. The summed E-state index contributed by atoms with van der Waals surface area (Å²) in [6.07, 6.45) is 7.03. The van der Waals surface area contributed by atoms with Crippen molar-refractivity contribution < 1.29 is 0 Å². The van der Waals surface area contributed by atoms with E-state index in [1.807, 2.05) is 0 Å². The Bertz CT molecular complexity index is 249. The molecule has 0 amide bonds. The molecule has 2 heteroatoms. The van der Waals surface area contributed by atoms with E-state index in [4.69, 9.17) is 0 Å². The highest BCUT2D eigenvalue weighted by atomic mass is 15.2. The van der Waals surface area contributed by atoms with Crippen LogP contribution in [0.2, 0.25) is 0 Å². The number of likely N-dealkylation sites (N-methyl/N-ethyl adjacent to an activating group) is 1. The van der Waals surface area contributed by atoms with E-state index in [-0.39, 0.29) is 0 Å². The van der Waals surface area contributed by atoms with Crippen molar-refractivity contribution in [2.45, 2.75) is 65.0 Å². The van der Waals surface area contributed by atoms with E-state index in [1.165, 1.54) is 45.2 Å². The molecule has 2 nitrogen and oxygen atoms in total. The number of likely N-dealkylation sites (tertiary alicyclic amines) is 1. The number of nitrogens with one attached hydrogen (secondary N) is 1. The van der Waals surface area contributed by atoms with Gasteiger partial charge < -0.3 is 5.32 Å². The molecular weight excluding hydrogens is 208 g/mol. The van der Waals surface area contributed by atoms with Crippen LogP contribution in [0.15, 0.2) is 0 Å². The molecule has 0 aromatic carbocycles. The summed E-state index contributed by atoms with van der Waals surface area (Å²) in [5.74, 6) is 0.902. The molecule has 1 saturated heterocycles. The highest BCUT2D eigenvalue weighted by Crippen LogP contribution is 2.41. The first-order chi connectivity index (χ1) is 8.02. The van der Waals surface area contributed by atoms with Gasteiger partial charge in [-0.15, -0.1) is 0 Å². The standard InChI is InChI=1S/C15H30N2/c1-12-8-14(10-15(2,3)9-12)17-7-5-6-13(17)11-16-4/h12-14,16H,5-11H2,1-4H3. The van der Waals surface area contributed by atoms with Gasteiger partial charge in [0, 0.05) is 18.6 Å². The third kappa shape index (κ3) is 3.23. The van der Waals surface area contributed by atoms with Crippen LogP contribution in [0, 0.1) is 11.3 Å². The summed E-state index contributed by atoms with van der Waals surface area (Å²) in [5.41, 5.74) is 0.551. The first-order valence-electron chi connectivity index (χ1n) is 7.42. The largest absolute Gasteiger partial charge is 0.318 e. The molecular formula is C15H30N2. The second-order valence-electron chi connectivity index (χ2n) is 7.16. The minimum absolute atomic E-state index is 0.551. The number of nitrogens with zero attached hydrogens (tertiary/aromatic N) is 1. The van der Waals surface area contributed by atoms with E-state index >= 15 is 0 Å². The molecule has 2 aliphatic rings. The molecule has 1 heterocycles. The van der Waals surface area contributed by atoms with Crippen molar-refractivity contribution in [1.29, 1.82) is 0 Å². The highest BCUT2D eigenvalue weighted by Gasteiger charge is 2.38. The van der Waals surface area contributed by atoms with Crippen molar-refractivity contribution in [3.8, 4) is 0 Å². The van der Waals surface area contributed by atoms with Gasteiger partial charge >= 0.3 is 0 Å². The Morgan fingerprint density at radius 2 is 2.06 bits per heavy atom.